The molecule has 0 aliphatic carbocycles. The first-order chi connectivity index (χ1) is 11.3. The van der Waals surface area contributed by atoms with Crippen molar-refractivity contribution in [2.45, 2.75) is 6.92 Å². The van der Waals surface area contributed by atoms with Gasteiger partial charge in [-0.3, -0.25) is 0 Å². The molecule has 0 saturated carbocycles. The molecule has 4 heteroatoms. The molecule has 2 heterocycles. The largest absolute Gasteiger partial charge is 0.486 e. The average Bonchev–Trinajstić information content (AvgIpc) is 2.62. The Morgan fingerprint density at radius 2 is 1.13 bits per heavy atom. The van der Waals surface area contributed by atoms with Crippen molar-refractivity contribution in [3.05, 3.63) is 53.6 Å². The molecule has 0 amide bonds. The smallest absolute Gasteiger partial charge is 0.161 e. The zero-order valence-corrected chi connectivity index (χ0v) is 13.0. The number of allylic oxidation sites excluding steroid dienone is 1. The number of benzene rings is 2. The van der Waals surface area contributed by atoms with Crippen LogP contribution in [0.5, 0.6) is 23.0 Å². The second kappa shape index (κ2) is 5.88. The zero-order valence-electron chi connectivity index (χ0n) is 13.0. The fraction of sp³-hybridized carbons (Fsp3) is 0.263. The van der Waals surface area contributed by atoms with Crippen molar-refractivity contribution in [2.24, 2.45) is 0 Å². The lowest BCUT2D eigenvalue weighted by molar-refractivity contribution is 0.171. The summed E-state index contributed by atoms with van der Waals surface area (Å²) in [6.45, 7) is 4.41. The molecule has 2 aromatic carbocycles. The Hall–Kier alpha value is -2.62. The zero-order chi connectivity index (χ0) is 15.6. The summed E-state index contributed by atoms with van der Waals surface area (Å²) < 4.78 is 22.6. The number of hydrogen-bond donors (Lipinski definition) is 0. The molecule has 23 heavy (non-hydrogen) atoms. The van der Waals surface area contributed by atoms with Gasteiger partial charge in [0.2, 0.25) is 0 Å². The van der Waals surface area contributed by atoms with E-state index in [1.165, 1.54) is 0 Å². The van der Waals surface area contributed by atoms with Gasteiger partial charge in [-0.15, -0.1) is 0 Å². The Morgan fingerprint density at radius 1 is 0.696 bits per heavy atom. The predicted molar refractivity (Wildman–Crippen MR) is 87.6 cm³/mol. The molecule has 4 rings (SSSR count). The van der Waals surface area contributed by atoms with E-state index in [-0.39, 0.29) is 0 Å². The van der Waals surface area contributed by atoms with E-state index in [0.717, 1.165) is 39.7 Å². The lowest BCUT2D eigenvalue weighted by Gasteiger charge is -2.21. The monoisotopic (exact) mass is 310 g/mol. The highest BCUT2D eigenvalue weighted by atomic mass is 16.6. The Kier molecular flexibility index (Phi) is 3.58. The second-order valence-electron chi connectivity index (χ2n) is 5.42. The molecule has 4 nitrogen and oxygen atoms in total. The highest BCUT2D eigenvalue weighted by Gasteiger charge is 2.16. The van der Waals surface area contributed by atoms with Crippen molar-refractivity contribution in [1.29, 1.82) is 0 Å². The summed E-state index contributed by atoms with van der Waals surface area (Å²) in [7, 11) is 0. The summed E-state index contributed by atoms with van der Waals surface area (Å²) in [6, 6.07) is 12.1. The van der Waals surface area contributed by atoms with E-state index >= 15 is 0 Å². The van der Waals surface area contributed by atoms with E-state index in [4.69, 9.17) is 18.9 Å². The van der Waals surface area contributed by atoms with Crippen LogP contribution < -0.4 is 18.9 Å². The van der Waals surface area contributed by atoms with Crippen molar-refractivity contribution < 1.29 is 18.9 Å². The molecule has 0 aromatic heterocycles. The van der Waals surface area contributed by atoms with Crippen molar-refractivity contribution in [3.63, 3.8) is 0 Å². The third-order valence-corrected chi connectivity index (χ3v) is 4.00. The third-order valence-electron chi connectivity index (χ3n) is 4.00. The standard InChI is InChI=1S/C19H18O4/c1-2-15(13-3-5-16-18(11-13)22-9-7-20-16)14-4-6-17-19(12-14)23-10-8-21-17/h2-6,11-12H,7-10H2,1H3. The Balaban J connectivity index is 1.71. The van der Waals surface area contributed by atoms with Crippen molar-refractivity contribution >= 4 is 5.57 Å². The maximum Gasteiger partial charge on any atom is 0.161 e. The minimum Gasteiger partial charge on any atom is -0.486 e. The predicted octanol–water partition coefficient (Wildman–Crippen LogP) is 3.68. The van der Waals surface area contributed by atoms with Crippen LogP contribution in [0.15, 0.2) is 42.5 Å². The van der Waals surface area contributed by atoms with Crippen LogP contribution in [0.25, 0.3) is 5.57 Å². The minimum atomic E-state index is 0.589. The molecule has 0 unspecified atom stereocenters. The van der Waals surface area contributed by atoms with E-state index in [1.807, 2.05) is 31.2 Å². The van der Waals surface area contributed by atoms with Gasteiger partial charge < -0.3 is 18.9 Å². The van der Waals surface area contributed by atoms with Crippen LogP contribution in [0.2, 0.25) is 0 Å². The van der Waals surface area contributed by atoms with E-state index < -0.39 is 0 Å². The molecule has 0 spiro atoms. The van der Waals surface area contributed by atoms with Gasteiger partial charge in [-0.05, 0) is 47.9 Å². The normalized spacial score (nSPS) is 15.0. The average molecular weight is 310 g/mol. The molecular weight excluding hydrogens is 292 g/mol. The molecule has 2 aliphatic heterocycles. The summed E-state index contributed by atoms with van der Waals surface area (Å²) in [4.78, 5) is 0. The van der Waals surface area contributed by atoms with Crippen molar-refractivity contribution in [3.8, 4) is 23.0 Å². The van der Waals surface area contributed by atoms with Crippen LogP contribution in [0.4, 0.5) is 0 Å². The molecule has 0 fully saturated rings. The van der Waals surface area contributed by atoms with Crippen molar-refractivity contribution in [1.82, 2.24) is 0 Å². The highest BCUT2D eigenvalue weighted by Crippen LogP contribution is 2.37. The van der Waals surface area contributed by atoms with E-state index in [9.17, 15) is 0 Å². The van der Waals surface area contributed by atoms with E-state index in [0.29, 0.717) is 26.4 Å². The van der Waals surface area contributed by atoms with Gasteiger partial charge in [0.05, 0.1) is 0 Å². The van der Waals surface area contributed by atoms with Gasteiger partial charge in [0.1, 0.15) is 26.4 Å². The van der Waals surface area contributed by atoms with Crippen LogP contribution in [0, 0.1) is 0 Å². The fourth-order valence-electron chi connectivity index (χ4n) is 2.92. The summed E-state index contributed by atoms with van der Waals surface area (Å²) >= 11 is 0. The summed E-state index contributed by atoms with van der Waals surface area (Å²) in [5.74, 6) is 3.20. The summed E-state index contributed by atoms with van der Waals surface area (Å²) in [5, 5.41) is 0. The SMILES string of the molecule is CC=C(c1ccc2c(c1)OCCO2)c1ccc2c(c1)OCCO2. The maximum absolute atomic E-state index is 5.69. The molecule has 0 radical (unpaired) electrons. The number of hydrogen-bond acceptors (Lipinski definition) is 4. The molecule has 0 saturated heterocycles. The van der Waals surface area contributed by atoms with Gasteiger partial charge in [0.15, 0.2) is 23.0 Å². The van der Waals surface area contributed by atoms with Gasteiger partial charge in [0, 0.05) is 0 Å². The number of rotatable bonds is 2. The quantitative estimate of drug-likeness (QED) is 0.848. The third kappa shape index (κ3) is 2.61. The topological polar surface area (TPSA) is 36.9 Å². The first kappa shape index (κ1) is 14.0. The molecule has 2 aromatic rings. The lowest BCUT2D eigenvalue weighted by atomic mass is 9.97. The van der Waals surface area contributed by atoms with Crippen molar-refractivity contribution in [2.75, 3.05) is 26.4 Å². The molecule has 0 atom stereocenters. The van der Waals surface area contributed by atoms with Gasteiger partial charge in [-0.25, -0.2) is 0 Å². The van der Waals surface area contributed by atoms with Crippen LogP contribution >= 0.6 is 0 Å². The first-order valence-corrected chi connectivity index (χ1v) is 7.81. The minimum absolute atomic E-state index is 0.589. The van der Waals surface area contributed by atoms with E-state index in [1.54, 1.807) is 0 Å². The molecule has 0 bridgehead atoms. The Bertz CT molecular complexity index is 702. The van der Waals surface area contributed by atoms with Crippen LogP contribution in [0.3, 0.4) is 0 Å². The van der Waals surface area contributed by atoms with Gasteiger partial charge >= 0.3 is 0 Å². The molecular formula is C19H18O4. The Labute approximate surface area is 135 Å². The lowest BCUT2D eigenvalue weighted by Crippen LogP contribution is -2.15. The molecule has 2 aliphatic rings. The molecule has 0 N–H and O–H groups in total. The first-order valence-electron chi connectivity index (χ1n) is 7.81. The maximum atomic E-state index is 5.69. The van der Waals surface area contributed by atoms with E-state index in [2.05, 4.69) is 18.2 Å². The van der Waals surface area contributed by atoms with Crippen LogP contribution in [-0.2, 0) is 0 Å². The number of ether oxygens (including phenoxy) is 4. The Morgan fingerprint density at radius 3 is 1.57 bits per heavy atom. The highest BCUT2D eigenvalue weighted by molar-refractivity contribution is 5.81. The fourth-order valence-corrected chi connectivity index (χ4v) is 2.92. The second-order valence-corrected chi connectivity index (χ2v) is 5.42. The van der Waals surface area contributed by atoms with Gasteiger partial charge in [-0.2, -0.15) is 0 Å². The molecule has 118 valence electrons. The van der Waals surface area contributed by atoms with Crippen LogP contribution in [-0.4, -0.2) is 26.4 Å². The van der Waals surface area contributed by atoms with Crippen LogP contribution in [0.1, 0.15) is 18.1 Å². The van der Waals surface area contributed by atoms with Gasteiger partial charge in [0.25, 0.3) is 0 Å². The van der Waals surface area contributed by atoms with Gasteiger partial charge in [-0.1, -0.05) is 18.2 Å². The number of fused-ring (bicyclic) bond motifs is 2. The summed E-state index contributed by atoms with van der Waals surface area (Å²) in [6.07, 6.45) is 2.09. The summed E-state index contributed by atoms with van der Waals surface area (Å²) in [5.41, 5.74) is 3.31.